The van der Waals surface area contributed by atoms with Crippen molar-refractivity contribution in [2.75, 3.05) is 30.6 Å². The molecule has 0 bridgehead atoms. The average molecular weight is 673 g/mol. The lowest BCUT2D eigenvalue weighted by Gasteiger charge is -2.33. The van der Waals surface area contributed by atoms with Gasteiger partial charge in [0.05, 0.1) is 17.1 Å². The maximum atomic E-state index is 14.0. The molecule has 1 fully saturated rings. The van der Waals surface area contributed by atoms with Gasteiger partial charge in [0.25, 0.3) is 15.9 Å². The van der Waals surface area contributed by atoms with Crippen molar-refractivity contribution in [2.45, 2.75) is 50.5 Å². The molecule has 1 saturated heterocycles. The first-order valence-corrected chi connectivity index (χ1v) is 16.5. The summed E-state index contributed by atoms with van der Waals surface area (Å²) in [6.07, 6.45) is 2.01. The molecule has 0 aromatic heterocycles. The molecule has 0 unspecified atom stereocenters. The van der Waals surface area contributed by atoms with Crippen LogP contribution in [0.25, 0.3) is 0 Å². The van der Waals surface area contributed by atoms with Gasteiger partial charge < -0.3 is 25.1 Å². The van der Waals surface area contributed by atoms with Gasteiger partial charge in [-0.15, -0.1) is 0 Å². The fraction of sp³-hybridized carbons (Fsp3) is 0.364. The predicted octanol–water partition coefficient (Wildman–Crippen LogP) is 5.04. The third-order valence-electron chi connectivity index (χ3n) is 7.20. The van der Waals surface area contributed by atoms with E-state index in [0.717, 1.165) is 43.5 Å². The first-order valence-electron chi connectivity index (χ1n) is 15.1. The molecule has 14 heteroatoms. The lowest BCUT2D eigenvalue weighted by molar-refractivity contribution is -0.120. The van der Waals surface area contributed by atoms with Gasteiger partial charge in [-0.05, 0) is 107 Å². The second-order valence-corrected chi connectivity index (χ2v) is 13.8. The Labute approximate surface area is 272 Å². The van der Waals surface area contributed by atoms with Gasteiger partial charge in [0.15, 0.2) is 5.75 Å². The maximum absolute atomic E-state index is 14.0. The van der Waals surface area contributed by atoms with Crippen molar-refractivity contribution in [1.29, 1.82) is 0 Å². The molecule has 1 aliphatic rings. The number of nitrogens with one attached hydrogen (secondary N) is 2. The van der Waals surface area contributed by atoms with Gasteiger partial charge in [0, 0.05) is 31.3 Å². The summed E-state index contributed by atoms with van der Waals surface area (Å²) in [5.74, 6) is -1.91. The fourth-order valence-corrected chi connectivity index (χ4v) is 6.01. The SMILES string of the molecule is CC(C)(C)OC(=O)N1CCC(CCNC(=O)CNC(=O)c2ccc(S(=O)(=O)N(Oc3ccc(F)cc3)c3cccc(F)c3)cc2)CC1. The molecule has 0 radical (unpaired) electrons. The Morgan fingerprint density at radius 2 is 1.57 bits per heavy atom. The molecule has 3 amide bonds. The highest BCUT2D eigenvalue weighted by molar-refractivity contribution is 7.92. The normalized spacial score (nSPS) is 13.9. The van der Waals surface area contributed by atoms with Gasteiger partial charge in [-0.25, -0.2) is 13.6 Å². The van der Waals surface area contributed by atoms with Crippen molar-refractivity contribution < 1.29 is 41.2 Å². The molecule has 0 saturated carbocycles. The molecule has 0 atom stereocenters. The molecular weight excluding hydrogens is 634 g/mol. The second-order valence-electron chi connectivity index (χ2n) is 12.0. The third kappa shape index (κ3) is 10.1. The van der Waals surface area contributed by atoms with E-state index in [1.807, 2.05) is 20.8 Å². The Hall–Kier alpha value is -4.72. The Balaban J connectivity index is 1.28. The van der Waals surface area contributed by atoms with E-state index in [0.29, 0.717) is 30.0 Å². The molecule has 3 aromatic carbocycles. The molecule has 1 heterocycles. The van der Waals surface area contributed by atoms with Crippen LogP contribution in [0.4, 0.5) is 19.3 Å². The van der Waals surface area contributed by atoms with Gasteiger partial charge in [0.2, 0.25) is 5.91 Å². The van der Waals surface area contributed by atoms with Crippen LogP contribution < -0.4 is 19.9 Å². The number of carbonyl (C=O) groups excluding carboxylic acids is 3. The highest BCUT2D eigenvalue weighted by atomic mass is 32.2. The Bertz CT molecular complexity index is 1660. The number of ether oxygens (including phenoxy) is 1. The predicted molar refractivity (Wildman–Crippen MR) is 170 cm³/mol. The van der Waals surface area contributed by atoms with E-state index in [-0.39, 0.29) is 40.4 Å². The van der Waals surface area contributed by atoms with Crippen molar-refractivity contribution in [2.24, 2.45) is 5.92 Å². The van der Waals surface area contributed by atoms with E-state index in [2.05, 4.69) is 10.6 Å². The molecule has 3 aromatic rings. The van der Waals surface area contributed by atoms with Crippen molar-refractivity contribution in [1.82, 2.24) is 15.5 Å². The number of rotatable bonds is 11. The number of amides is 3. The summed E-state index contributed by atoms with van der Waals surface area (Å²) < 4.78 is 60.4. The number of hydrogen-bond acceptors (Lipinski definition) is 7. The summed E-state index contributed by atoms with van der Waals surface area (Å²) >= 11 is 0. The number of sulfonamides is 1. The van der Waals surface area contributed by atoms with Crippen LogP contribution in [0.1, 0.15) is 50.4 Å². The van der Waals surface area contributed by atoms with Crippen molar-refractivity contribution in [3.05, 3.63) is 90.0 Å². The molecule has 47 heavy (non-hydrogen) atoms. The number of anilines is 1. The van der Waals surface area contributed by atoms with Crippen molar-refractivity contribution >= 4 is 33.6 Å². The van der Waals surface area contributed by atoms with E-state index < -0.39 is 33.2 Å². The van der Waals surface area contributed by atoms with Gasteiger partial charge >= 0.3 is 6.09 Å². The Morgan fingerprint density at radius 1 is 0.915 bits per heavy atom. The standard InChI is InChI=1S/C33H38F2N4O7S/c1-33(2,3)45-32(42)38-19-16-23(17-20-38)15-18-36-30(40)22-37-31(41)24-7-13-29(14-8-24)47(43,44)39(27-6-4-5-26(35)21-27)46-28-11-9-25(34)10-12-28/h4-14,21,23H,15-20,22H2,1-3H3,(H,36,40)(H,37,41). The number of halogens is 2. The molecule has 4 rings (SSSR count). The molecular formula is C33H38F2N4O7S. The smallest absolute Gasteiger partial charge is 0.410 e. The average Bonchev–Trinajstić information content (AvgIpc) is 3.03. The lowest BCUT2D eigenvalue weighted by Crippen LogP contribution is -2.42. The molecule has 1 aliphatic heterocycles. The minimum Gasteiger partial charge on any atom is -0.444 e. The number of benzene rings is 3. The molecule has 252 valence electrons. The third-order valence-corrected chi connectivity index (χ3v) is 8.79. The highest BCUT2D eigenvalue weighted by Gasteiger charge is 2.29. The quantitative estimate of drug-likeness (QED) is 0.273. The summed E-state index contributed by atoms with van der Waals surface area (Å²) in [6.45, 7) is 6.79. The van der Waals surface area contributed by atoms with Crippen molar-refractivity contribution in [3.8, 4) is 5.75 Å². The van der Waals surface area contributed by atoms with Crippen molar-refractivity contribution in [3.63, 3.8) is 0 Å². The molecule has 2 N–H and O–H groups in total. The van der Waals surface area contributed by atoms with E-state index >= 15 is 0 Å². The van der Waals surface area contributed by atoms with Gasteiger partial charge in [-0.1, -0.05) is 10.5 Å². The van der Waals surface area contributed by atoms with Gasteiger partial charge in [0.1, 0.15) is 17.2 Å². The number of hydrogen-bond donors (Lipinski definition) is 2. The number of likely N-dealkylation sites (tertiary alicyclic amines) is 1. The van der Waals surface area contributed by atoms with Gasteiger partial charge in [-0.3, -0.25) is 9.59 Å². The Morgan fingerprint density at radius 3 is 2.19 bits per heavy atom. The first-order chi connectivity index (χ1) is 22.2. The van der Waals surface area contributed by atoms with E-state index in [4.69, 9.17) is 9.57 Å². The van der Waals surface area contributed by atoms with Crippen LogP contribution in [0.5, 0.6) is 5.75 Å². The summed E-state index contributed by atoms with van der Waals surface area (Å²) in [5.41, 5.74) is -0.591. The van der Waals surface area contributed by atoms with E-state index in [1.54, 1.807) is 4.90 Å². The number of piperidine rings is 1. The van der Waals surface area contributed by atoms with Crippen LogP contribution in [0.2, 0.25) is 0 Å². The zero-order chi connectivity index (χ0) is 34.2. The summed E-state index contributed by atoms with van der Waals surface area (Å²) in [4.78, 5) is 44.2. The fourth-order valence-electron chi connectivity index (χ4n) is 4.77. The zero-order valence-electron chi connectivity index (χ0n) is 26.4. The van der Waals surface area contributed by atoms with Crippen LogP contribution in [-0.2, 0) is 19.6 Å². The largest absolute Gasteiger partial charge is 0.444 e. The number of carbonyl (C=O) groups is 3. The van der Waals surface area contributed by atoms with Crippen LogP contribution >= 0.6 is 0 Å². The lowest BCUT2D eigenvalue weighted by atomic mass is 9.94. The zero-order valence-corrected chi connectivity index (χ0v) is 27.2. The maximum Gasteiger partial charge on any atom is 0.410 e. The monoisotopic (exact) mass is 672 g/mol. The Kier molecular flexibility index (Phi) is 11.4. The molecule has 11 nitrogen and oxygen atoms in total. The topological polar surface area (TPSA) is 134 Å². The number of nitrogens with zero attached hydrogens (tertiary/aromatic N) is 2. The van der Waals surface area contributed by atoms with E-state index in [9.17, 15) is 31.6 Å². The van der Waals surface area contributed by atoms with Crippen LogP contribution in [0, 0.1) is 17.6 Å². The van der Waals surface area contributed by atoms with E-state index in [1.165, 1.54) is 48.5 Å². The van der Waals surface area contributed by atoms with Crippen LogP contribution in [-0.4, -0.2) is 63.0 Å². The summed E-state index contributed by atoms with van der Waals surface area (Å²) in [5, 5.41) is 5.29. The minimum absolute atomic E-state index is 0.0166. The van der Waals surface area contributed by atoms with Crippen LogP contribution in [0.15, 0.2) is 77.7 Å². The summed E-state index contributed by atoms with van der Waals surface area (Å²) in [6, 6.07) is 14.2. The molecule has 0 spiro atoms. The summed E-state index contributed by atoms with van der Waals surface area (Å²) in [7, 11) is -4.45. The van der Waals surface area contributed by atoms with Crippen LogP contribution in [0.3, 0.4) is 0 Å². The highest BCUT2D eigenvalue weighted by Crippen LogP contribution is 2.27. The minimum atomic E-state index is -4.45. The van der Waals surface area contributed by atoms with Gasteiger partial charge in [-0.2, -0.15) is 8.42 Å². The first kappa shape index (κ1) is 35.1. The second kappa shape index (κ2) is 15.2. The molecule has 0 aliphatic carbocycles.